The van der Waals surface area contributed by atoms with E-state index < -0.39 is 80.0 Å². The molecule has 5 aromatic rings. The van der Waals surface area contributed by atoms with Crippen LogP contribution in [0.15, 0.2) is 110 Å². The molecule has 76 heavy (non-hydrogen) atoms. The van der Waals surface area contributed by atoms with Gasteiger partial charge >= 0.3 is 18.1 Å². The molecule has 3 aliphatic rings. The van der Waals surface area contributed by atoms with Crippen molar-refractivity contribution in [3.8, 4) is 11.5 Å². The molecule has 5 heterocycles. The lowest BCUT2D eigenvalue weighted by atomic mass is 9.80. The van der Waals surface area contributed by atoms with Crippen LogP contribution in [0.25, 0.3) is 0 Å². The van der Waals surface area contributed by atoms with Gasteiger partial charge in [-0.15, -0.1) is 0 Å². The van der Waals surface area contributed by atoms with Gasteiger partial charge < -0.3 is 46.6 Å². The maximum absolute atomic E-state index is 13.6. The number of hydrogen-bond acceptors (Lipinski definition) is 15. The summed E-state index contributed by atoms with van der Waals surface area (Å²) < 4.78 is 62.1. The fourth-order valence-corrected chi connectivity index (χ4v) is 13.2. The van der Waals surface area contributed by atoms with Crippen molar-refractivity contribution in [1.29, 1.82) is 0 Å². The minimum Gasteiger partial charge on any atom is -0.497 e. The van der Waals surface area contributed by atoms with Crippen molar-refractivity contribution in [2.24, 2.45) is 0 Å². The number of aryl methyl sites for hydroxylation is 2. The predicted molar refractivity (Wildman–Crippen MR) is 291 cm³/mol. The molecule has 3 aromatic carbocycles. The number of amides is 1. The highest BCUT2D eigenvalue weighted by Crippen LogP contribution is 2.55. The van der Waals surface area contributed by atoms with Crippen LogP contribution in [0, 0.1) is 13.8 Å². The van der Waals surface area contributed by atoms with Crippen LogP contribution in [0.2, 0.25) is 18.1 Å². The van der Waals surface area contributed by atoms with Gasteiger partial charge in [0.15, 0.2) is 8.32 Å². The first-order chi connectivity index (χ1) is 36.0. The molecule has 3 fully saturated rings. The third-order valence-electron chi connectivity index (χ3n) is 15.0. The number of carbonyl (C=O) groups excluding carboxylic acids is 1. The standard InChI is InChI=1S/C54H70N5O14PSSi/c1-34-29-58(51(63)55-49(34)61)47-27-43(45(70-47)32-67-54(37-15-12-11-13-16-37,38-18-22-41(65-7)23-19-38)39-20-24-42(66-8)25-21-39)72-74(75,68-31-40-17-14-26-57(40)36(3)60)69-33-46-44(73-76(9,10)53(4,5)6)28-48(71-46)59-30-35(2)50(62)56-52(59)64/h11-13,15-16,18-25,29-30,40,43-48H,14,17,26-28,31-33H2,1-10H3,(H,55,61,63)(H,56,62,64)/t40-,43-,44-,45+,46+,47+,48+,74-/m0/s1. The van der Waals surface area contributed by atoms with E-state index in [4.69, 9.17) is 53.5 Å². The summed E-state index contributed by atoms with van der Waals surface area (Å²) in [5.41, 5.74) is -0.710. The maximum atomic E-state index is 13.6. The summed E-state index contributed by atoms with van der Waals surface area (Å²) >= 11 is 6.42. The Morgan fingerprint density at radius 2 is 1.21 bits per heavy atom. The van der Waals surface area contributed by atoms with Crippen LogP contribution in [0.4, 0.5) is 0 Å². The van der Waals surface area contributed by atoms with Crippen LogP contribution in [0.3, 0.4) is 0 Å². The second-order valence-electron chi connectivity index (χ2n) is 21.1. The number of nitrogens with one attached hydrogen (secondary N) is 2. The lowest BCUT2D eigenvalue weighted by Crippen LogP contribution is -2.46. The Morgan fingerprint density at radius 3 is 1.71 bits per heavy atom. The molecule has 3 saturated heterocycles. The molecule has 2 aromatic heterocycles. The van der Waals surface area contributed by atoms with Crippen molar-refractivity contribution >= 4 is 32.8 Å². The number of hydrogen-bond donors (Lipinski definition) is 2. The number of methoxy groups -OCH3 is 2. The van der Waals surface area contributed by atoms with Crippen LogP contribution >= 0.6 is 6.72 Å². The second-order valence-corrected chi connectivity index (χ2v) is 28.8. The molecule has 0 spiro atoms. The van der Waals surface area contributed by atoms with Crippen molar-refractivity contribution < 1.29 is 46.5 Å². The van der Waals surface area contributed by atoms with Gasteiger partial charge in [-0.05, 0) is 97.6 Å². The minimum atomic E-state index is -3.95. The van der Waals surface area contributed by atoms with E-state index >= 15 is 0 Å². The number of carbonyl (C=O) groups is 1. The van der Waals surface area contributed by atoms with Gasteiger partial charge in [-0.1, -0.05) is 75.4 Å². The van der Waals surface area contributed by atoms with Crippen LogP contribution in [0.5, 0.6) is 11.5 Å². The zero-order valence-electron chi connectivity index (χ0n) is 44.8. The average molecular weight is 1100 g/mol. The van der Waals surface area contributed by atoms with Gasteiger partial charge in [-0.25, -0.2) is 9.59 Å². The fourth-order valence-electron chi connectivity index (χ4n) is 9.74. The van der Waals surface area contributed by atoms with E-state index in [2.05, 4.69) is 43.8 Å². The smallest absolute Gasteiger partial charge is 0.330 e. The van der Waals surface area contributed by atoms with Gasteiger partial charge in [0.05, 0.1) is 52.3 Å². The van der Waals surface area contributed by atoms with Gasteiger partial charge in [-0.3, -0.25) is 33.5 Å². The number of rotatable bonds is 20. The third kappa shape index (κ3) is 12.3. The van der Waals surface area contributed by atoms with Gasteiger partial charge in [0.1, 0.15) is 41.8 Å². The summed E-state index contributed by atoms with van der Waals surface area (Å²) in [7, 11) is 0.706. The summed E-state index contributed by atoms with van der Waals surface area (Å²) in [6.07, 6.45) is -0.511. The van der Waals surface area contributed by atoms with Crippen molar-refractivity contribution in [3.05, 3.63) is 161 Å². The number of aromatic amines is 2. The second kappa shape index (κ2) is 23.3. The van der Waals surface area contributed by atoms with Crippen LogP contribution in [-0.2, 0) is 54.4 Å². The summed E-state index contributed by atoms with van der Waals surface area (Å²) in [5, 5.41) is -0.200. The topological polar surface area (TPSA) is 213 Å². The quantitative estimate of drug-likeness (QED) is 0.0443. The Balaban J connectivity index is 1.18. The first kappa shape index (κ1) is 56.9. The van der Waals surface area contributed by atoms with Crippen LogP contribution in [-0.4, -0.2) is 109 Å². The molecular formula is C54H70N5O14PSSi. The summed E-state index contributed by atoms with van der Waals surface area (Å²) in [6, 6.07) is 24.6. The van der Waals surface area contributed by atoms with E-state index in [1.54, 1.807) is 33.0 Å². The zero-order valence-corrected chi connectivity index (χ0v) is 47.5. The molecule has 410 valence electrons. The van der Waals surface area contributed by atoms with Gasteiger partial charge in [0.2, 0.25) is 5.91 Å². The first-order valence-corrected chi connectivity index (χ1v) is 31.0. The average Bonchev–Trinajstić information content (AvgIpc) is 4.15. The monoisotopic (exact) mass is 1100 g/mol. The van der Waals surface area contributed by atoms with E-state index in [0.717, 1.165) is 23.1 Å². The molecule has 0 unspecified atom stereocenters. The molecule has 0 aliphatic carbocycles. The lowest BCUT2D eigenvalue weighted by Gasteiger charge is -2.39. The number of nitrogens with zero attached hydrogens (tertiary/aromatic N) is 3. The van der Waals surface area contributed by atoms with Crippen molar-refractivity contribution in [1.82, 2.24) is 24.0 Å². The highest BCUT2D eigenvalue weighted by molar-refractivity contribution is 8.07. The summed E-state index contributed by atoms with van der Waals surface area (Å²) in [5.74, 6) is 1.18. The van der Waals surface area contributed by atoms with E-state index in [-0.39, 0.29) is 55.2 Å². The molecule has 3 aliphatic heterocycles. The van der Waals surface area contributed by atoms with E-state index in [9.17, 15) is 24.0 Å². The van der Waals surface area contributed by atoms with Crippen molar-refractivity contribution in [2.75, 3.05) is 40.6 Å². The molecule has 19 nitrogen and oxygen atoms in total. The molecule has 22 heteroatoms. The Morgan fingerprint density at radius 1 is 0.724 bits per heavy atom. The SMILES string of the molecule is COc1ccc(C(OC[C@H]2O[C@@H](n3cc(C)c(=O)[nH]c3=O)C[C@@H]2O[P@](=S)(OC[C@@H]2CCCN2C(C)=O)OC[C@H]2O[C@@H](n3cc(C)c(=O)[nH]c3=O)C[C@@H]2O[Si](C)(C)C(C)(C)C)(c2ccccc2)c2ccc(OC)cc2)cc1. The molecule has 0 bridgehead atoms. The molecule has 8 rings (SSSR count). The Bertz CT molecular complexity index is 3080. The summed E-state index contributed by atoms with van der Waals surface area (Å²) in [4.78, 5) is 71.3. The molecule has 0 saturated carbocycles. The zero-order chi connectivity index (χ0) is 54.7. The highest BCUT2D eigenvalue weighted by Gasteiger charge is 2.49. The molecule has 1 amide bonds. The number of H-pyrrole nitrogens is 2. The van der Waals surface area contributed by atoms with Crippen LogP contribution in [0.1, 0.15) is 93.7 Å². The first-order valence-electron chi connectivity index (χ1n) is 25.5. The summed E-state index contributed by atoms with van der Waals surface area (Å²) in [6.45, 7) is 11.6. The molecule has 8 atom stereocenters. The van der Waals surface area contributed by atoms with E-state index in [0.29, 0.717) is 30.0 Å². The number of likely N-dealkylation sites (tertiary alicyclic amines) is 1. The van der Waals surface area contributed by atoms with Gasteiger partial charge in [0, 0.05) is 49.8 Å². The van der Waals surface area contributed by atoms with Crippen LogP contribution < -0.4 is 32.0 Å². The largest absolute Gasteiger partial charge is 0.497 e. The van der Waals surface area contributed by atoms with Gasteiger partial charge in [0.25, 0.3) is 11.1 Å². The Kier molecular flexibility index (Phi) is 17.5. The number of aromatic nitrogens is 4. The third-order valence-corrected chi connectivity index (χ3v) is 21.9. The van der Waals surface area contributed by atoms with E-state index in [1.165, 1.54) is 28.5 Å². The van der Waals surface area contributed by atoms with Crippen molar-refractivity contribution in [2.45, 2.75) is 134 Å². The lowest BCUT2D eigenvalue weighted by molar-refractivity contribution is -0.130. The fraction of sp³-hybridized carbons (Fsp3) is 0.500. The van der Waals surface area contributed by atoms with Crippen molar-refractivity contribution in [3.63, 3.8) is 0 Å². The normalized spacial score (nSPS) is 22.9. The minimum absolute atomic E-state index is 0.0102. The Labute approximate surface area is 448 Å². The highest BCUT2D eigenvalue weighted by atomic mass is 32.5. The van der Waals surface area contributed by atoms with Gasteiger partial charge in [-0.2, -0.15) is 0 Å². The molecular weight excluding hydrogens is 1030 g/mol. The molecule has 2 N–H and O–H groups in total. The molecule has 0 radical (unpaired) electrons. The Hall–Kier alpha value is -5.32. The number of ether oxygens (including phenoxy) is 5. The number of benzene rings is 3. The predicted octanol–water partition coefficient (Wildman–Crippen LogP) is 7.35. The maximum Gasteiger partial charge on any atom is 0.330 e. The van der Waals surface area contributed by atoms with E-state index in [1.807, 2.05) is 78.9 Å².